The fourth-order valence-electron chi connectivity index (χ4n) is 4.00. The van der Waals surface area contributed by atoms with Gasteiger partial charge in [-0.15, -0.1) is 0 Å². The maximum absolute atomic E-state index is 12.6. The van der Waals surface area contributed by atoms with Crippen LogP contribution >= 0.6 is 0 Å². The number of carbonyl (C=O) groups excluding carboxylic acids is 1. The molecule has 0 radical (unpaired) electrons. The summed E-state index contributed by atoms with van der Waals surface area (Å²) in [7, 11) is -4.65. The topological polar surface area (TPSA) is 116 Å². The molecular weight excluding hydrogens is 504 g/mol. The molecule has 0 saturated heterocycles. The van der Waals surface area contributed by atoms with Crippen LogP contribution in [0.1, 0.15) is 110 Å². The van der Waals surface area contributed by atoms with E-state index in [0.29, 0.717) is 6.42 Å². The third-order valence-corrected chi connectivity index (χ3v) is 7.33. The van der Waals surface area contributed by atoms with Crippen molar-refractivity contribution in [3.63, 3.8) is 0 Å². The first kappa shape index (κ1) is 33.3. The van der Waals surface area contributed by atoms with Crippen molar-refractivity contribution in [2.24, 2.45) is 0 Å². The molecule has 0 aliphatic rings. The lowest BCUT2D eigenvalue weighted by molar-refractivity contribution is -0.389. The van der Waals surface area contributed by atoms with Crippen LogP contribution in [0, 0.1) is 10.1 Å². The van der Waals surface area contributed by atoms with Gasteiger partial charge in [0.15, 0.2) is 4.90 Å². The first-order valence-corrected chi connectivity index (χ1v) is 15.2. The lowest BCUT2D eigenvalue weighted by atomic mass is 9.86. The zero-order valence-corrected chi connectivity index (χ0v) is 24.4. The summed E-state index contributed by atoms with van der Waals surface area (Å²) in [6.45, 7) is 7.71. The first-order valence-electron chi connectivity index (χ1n) is 13.8. The van der Waals surface area contributed by atoms with Crippen LogP contribution in [0.25, 0.3) is 0 Å². The molecule has 9 heteroatoms. The average molecular weight is 551 g/mol. The van der Waals surface area contributed by atoms with E-state index in [0.717, 1.165) is 51.0 Å². The van der Waals surface area contributed by atoms with Crippen molar-refractivity contribution in [1.29, 1.82) is 0 Å². The molecule has 0 aliphatic heterocycles. The van der Waals surface area contributed by atoms with Gasteiger partial charge in [-0.3, -0.25) is 10.1 Å². The lowest BCUT2D eigenvalue weighted by Gasteiger charge is -2.19. The number of nitrogens with zero attached hydrogens (tertiary/aromatic N) is 1. The van der Waals surface area contributed by atoms with Crippen LogP contribution in [0.15, 0.2) is 47.4 Å². The number of nitro groups is 1. The minimum atomic E-state index is -4.65. The van der Waals surface area contributed by atoms with E-state index in [2.05, 4.69) is 40.7 Å². The molecule has 0 heterocycles. The molecule has 0 aromatic heterocycles. The van der Waals surface area contributed by atoms with E-state index < -0.39 is 37.1 Å². The highest BCUT2D eigenvalue weighted by molar-refractivity contribution is 7.87. The number of para-hydroxylation sites is 1. The number of rotatable bonds is 18. The number of carbonyl (C=O) groups is 1. The summed E-state index contributed by atoms with van der Waals surface area (Å²) in [6, 6.07) is 3.99. The van der Waals surface area contributed by atoms with Gasteiger partial charge in [-0.05, 0) is 50.0 Å². The van der Waals surface area contributed by atoms with E-state index in [-0.39, 0.29) is 12.1 Å². The second-order valence-electron chi connectivity index (χ2n) is 10.5. The van der Waals surface area contributed by atoms with Gasteiger partial charge in [0.1, 0.15) is 0 Å². The number of allylic oxidation sites excluding steroid dienone is 4. The summed E-state index contributed by atoms with van der Waals surface area (Å²) < 4.78 is 29.9. The molecule has 8 nitrogen and oxygen atoms in total. The predicted molar refractivity (Wildman–Crippen MR) is 153 cm³/mol. The summed E-state index contributed by atoms with van der Waals surface area (Å²) in [5, 5.41) is 14.1. The minimum absolute atomic E-state index is 0.244. The Morgan fingerprint density at radius 3 is 2.11 bits per heavy atom. The first-order chi connectivity index (χ1) is 18.0. The average Bonchev–Trinajstić information content (AvgIpc) is 2.84. The van der Waals surface area contributed by atoms with Gasteiger partial charge in [0.25, 0.3) is 5.69 Å². The third-order valence-electron chi connectivity index (χ3n) is 6.09. The van der Waals surface area contributed by atoms with E-state index in [9.17, 15) is 23.3 Å². The number of nitrogens with one attached hydrogen (secondary N) is 1. The molecule has 214 valence electrons. The summed E-state index contributed by atoms with van der Waals surface area (Å²) in [4.78, 5) is 22.3. The van der Waals surface area contributed by atoms with Crippen molar-refractivity contribution < 1.29 is 22.3 Å². The van der Waals surface area contributed by atoms with E-state index in [4.69, 9.17) is 0 Å². The highest BCUT2D eigenvalue weighted by Crippen LogP contribution is 2.36. The van der Waals surface area contributed by atoms with Crippen LogP contribution in [-0.2, 0) is 19.7 Å². The molecule has 0 saturated carbocycles. The summed E-state index contributed by atoms with van der Waals surface area (Å²) in [6.07, 6.45) is 21.0. The molecule has 1 aromatic carbocycles. The number of unbranched alkanes of at least 4 members (excludes halogenated alkanes) is 9. The van der Waals surface area contributed by atoms with Crippen LogP contribution in [0.3, 0.4) is 0 Å². The minimum Gasteiger partial charge on any atom is -0.324 e. The fraction of sp³-hybridized carbons (Fsp3) is 0.621. The van der Waals surface area contributed by atoms with Crippen LogP contribution in [-0.4, -0.2) is 26.0 Å². The van der Waals surface area contributed by atoms with Gasteiger partial charge in [0.2, 0.25) is 0 Å². The van der Waals surface area contributed by atoms with Crippen molar-refractivity contribution in [2.45, 2.75) is 115 Å². The Morgan fingerprint density at radius 2 is 1.53 bits per heavy atom. The van der Waals surface area contributed by atoms with Crippen molar-refractivity contribution in [1.82, 2.24) is 5.32 Å². The van der Waals surface area contributed by atoms with Crippen molar-refractivity contribution in [3.05, 3.63) is 58.2 Å². The smallest absolute Gasteiger partial charge is 0.324 e. The molecule has 0 unspecified atom stereocenters. The van der Waals surface area contributed by atoms with Gasteiger partial charge < -0.3 is 9.50 Å². The van der Waals surface area contributed by atoms with Gasteiger partial charge >= 0.3 is 16.2 Å². The molecule has 0 spiro atoms. The number of nitro benzene ring substituents is 1. The number of hydrogen-bond donors (Lipinski definition) is 1. The van der Waals surface area contributed by atoms with Gasteiger partial charge in [0.05, 0.1) is 4.92 Å². The molecular formula is C29H46N2O6S. The van der Waals surface area contributed by atoms with Gasteiger partial charge in [-0.25, -0.2) is 4.79 Å². The van der Waals surface area contributed by atoms with E-state index in [1.807, 2.05) is 0 Å². The van der Waals surface area contributed by atoms with Crippen LogP contribution < -0.4 is 5.32 Å². The number of benzene rings is 1. The summed E-state index contributed by atoms with van der Waals surface area (Å²) in [5.74, 6) is 0. The maximum atomic E-state index is 12.6. The van der Waals surface area contributed by atoms with Crippen molar-refractivity contribution in [2.75, 3.05) is 6.54 Å². The Morgan fingerprint density at radius 1 is 0.947 bits per heavy atom. The molecule has 0 bridgehead atoms. The molecule has 1 amide bonds. The molecule has 0 fully saturated rings. The lowest BCUT2D eigenvalue weighted by Crippen LogP contribution is -2.28. The fourth-order valence-corrected chi connectivity index (χ4v) is 5.01. The summed E-state index contributed by atoms with van der Waals surface area (Å²) >= 11 is 0. The molecule has 0 atom stereocenters. The van der Waals surface area contributed by atoms with Crippen molar-refractivity contribution in [3.8, 4) is 0 Å². The van der Waals surface area contributed by atoms with Crippen LogP contribution in [0.2, 0.25) is 0 Å². The number of amides is 1. The van der Waals surface area contributed by atoms with Gasteiger partial charge in [-0.1, -0.05) is 103 Å². The quantitative estimate of drug-likeness (QED) is 0.0648. The summed E-state index contributed by atoms with van der Waals surface area (Å²) in [5.41, 5.74) is -0.996. The SMILES string of the molecule is CCCCCC=CCC=CCCCCCCCCNC(=O)OS(=O)(=O)c1cccc(C(C)(C)C)c1[N+](=O)[O-]. The Kier molecular flexibility index (Phi) is 15.6. The zero-order valence-electron chi connectivity index (χ0n) is 23.5. The van der Waals surface area contributed by atoms with Crippen molar-refractivity contribution >= 4 is 21.9 Å². The monoisotopic (exact) mass is 550 g/mol. The van der Waals surface area contributed by atoms with E-state index >= 15 is 0 Å². The predicted octanol–water partition coefficient (Wildman–Crippen LogP) is 8.12. The maximum Gasteiger partial charge on any atom is 0.423 e. The molecule has 1 N–H and O–H groups in total. The van der Waals surface area contributed by atoms with Crippen LogP contribution in [0.5, 0.6) is 0 Å². The molecule has 0 aliphatic carbocycles. The molecule has 1 rings (SSSR count). The van der Waals surface area contributed by atoms with E-state index in [1.54, 1.807) is 20.8 Å². The zero-order chi connectivity index (χ0) is 28.4. The third kappa shape index (κ3) is 13.2. The Hall–Kier alpha value is -2.68. The number of hydrogen-bond acceptors (Lipinski definition) is 6. The second kappa shape index (κ2) is 17.8. The Bertz CT molecular complexity index is 1030. The Labute approximate surface area is 229 Å². The second-order valence-corrected chi connectivity index (χ2v) is 12.0. The Balaban J connectivity index is 2.28. The standard InChI is InChI=1S/C29H46N2O6S/c1-5-6-7-8-9-10-11-12-13-14-15-16-17-18-19-20-24-30-28(32)37-38(35,36)26-23-21-22-25(29(2,3)4)27(26)31(33)34/h9-10,12-13,21-23H,5-8,11,14-20,24H2,1-4H3,(H,30,32). The van der Waals surface area contributed by atoms with E-state index in [1.165, 1.54) is 37.8 Å². The highest BCUT2D eigenvalue weighted by atomic mass is 32.2. The van der Waals surface area contributed by atoms with Crippen LogP contribution in [0.4, 0.5) is 10.5 Å². The highest BCUT2D eigenvalue weighted by Gasteiger charge is 2.35. The molecule has 38 heavy (non-hydrogen) atoms. The van der Waals surface area contributed by atoms with Gasteiger partial charge in [-0.2, -0.15) is 8.42 Å². The largest absolute Gasteiger partial charge is 0.423 e. The van der Waals surface area contributed by atoms with Gasteiger partial charge in [0, 0.05) is 12.1 Å². The normalized spacial score (nSPS) is 12.3. The molecule has 1 aromatic rings.